The van der Waals surface area contributed by atoms with E-state index in [-0.39, 0.29) is 11.9 Å². The summed E-state index contributed by atoms with van der Waals surface area (Å²) < 4.78 is 8.61. The van der Waals surface area contributed by atoms with Crippen molar-refractivity contribution in [2.45, 2.75) is 10.4 Å². The molecule has 0 aromatic heterocycles. The first kappa shape index (κ1) is 15.9. The predicted molar refractivity (Wildman–Crippen MR) is 97.9 cm³/mol. The molecule has 121 valence electrons. The van der Waals surface area contributed by atoms with E-state index in [1.54, 1.807) is 0 Å². The molecule has 2 aliphatic carbocycles. The Morgan fingerprint density at radius 1 is 0.917 bits per heavy atom. The molecule has 0 amide bonds. The predicted octanol–water partition coefficient (Wildman–Crippen LogP) is 2.66. The van der Waals surface area contributed by atoms with Gasteiger partial charge in [0.05, 0.1) is 0 Å². The quantitative estimate of drug-likeness (QED) is 0.429. The summed E-state index contributed by atoms with van der Waals surface area (Å²) in [5.41, 5.74) is 0. The van der Waals surface area contributed by atoms with Gasteiger partial charge < -0.3 is 0 Å². The molecule has 2 aromatic rings. The molecular weight excluding hydrogens is 403 g/mol. The van der Waals surface area contributed by atoms with Crippen LogP contribution in [0, 0.1) is 17.8 Å². The van der Waals surface area contributed by atoms with Gasteiger partial charge in [0.2, 0.25) is 0 Å². The van der Waals surface area contributed by atoms with Crippen molar-refractivity contribution < 1.29 is 9.53 Å². The fourth-order valence-corrected chi connectivity index (χ4v) is 14.8. The van der Waals surface area contributed by atoms with E-state index in [2.05, 4.69) is 72.8 Å². The summed E-state index contributed by atoms with van der Waals surface area (Å²) in [4.78, 5) is 12.6. The molecule has 0 saturated heterocycles. The molecule has 2 bridgehead atoms. The zero-order valence-corrected chi connectivity index (χ0v) is 16.6. The van der Waals surface area contributed by atoms with E-state index in [4.69, 9.17) is 4.74 Å². The molecule has 0 aliphatic heterocycles. The maximum atomic E-state index is 12.6. The molecule has 1 radical (unpaired) electrons. The van der Waals surface area contributed by atoms with Crippen LogP contribution in [0.5, 0.6) is 0 Å². The van der Waals surface area contributed by atoms with Crippen LogP contribution in [0.15, 0.2) is 72.8 Å². The molecule has 0 N–H and O–H groups in total. The molecule has 1 fully saturated rings. The summed E-state index contributed by atoms with van der Waals surface area (Å²) in [6.45, 7) is 0. The molecule has 4 rings (SSSR count). The van der Waals surface area contributed by atoms with E-state index in [1.807, 2.05) is 0 Å². The van der Waals surface area contributed by atoms with Crippen molar-refractivity contribution >= 4 is 32.9 Å². The monoisotopic (exact) mass is 425 g/mol. The molecule has 0 unspecified atom stereocenters. The molecule has 3 heteroatoms. The van der Waals surface area contributed by atoms with Crippen molar-refractivity contribution in [3.63, 3.8) is 0 Å². The minimum absolute atomic E-state index is 0.0122. The zero-order valence-electron chi connectivity index (χ0n) is 13.8. The maximum absolute atomic E-state index is 12.6. The summed E-state index contributed by atoms with van der Waals surface area (Å²) in [6, 6.07) is 21.8. The number of hydrogen-bond donors (Lipinski definition) is 0. The van der Waals surface area contributed by atoms with Gasteiger partial charge in [0.1, 0.15) is 0 Å². The van der Waals surface area contributed by atoms with Gasteiger partial charge in [-0.15, -0.1) is 0 Å². The van der Waals surface area contributed by atoms with E-state index < -0.39 is 19.8 Å². The molecule has 0 spiro atoms. The second kappa shape index (κ2) is 6.75. The summed E-state index contributed by atoms with van der Waals surface area (Å²) in [6.07, 6.45) is 5.73. The molecule has 1 saturated carbocycles. The molecule has 2 aromatic carbocycles. The number of carbonyl (C=O) groups excluding carboxylic acids is 1. The topological polar surface area (TPSA) is 26.3 Å². The van der Waals surface area contributed by atoms with Crippen molar-refractivity contribution in [1.82, 2.24) is 0 Å². The van der Waals surface area contributed by atoms with Crippen molar-refractivity contribution in [3.8, 4) is 0 Å². The van der Waals surface area contributed by atoms with Gasteiger partial charge in [0.25, 0.3) is 0 Å². The van der Waals surface area contributed by atoms with Crippen LogP contribution in [0.25, 0.3) is 0 Å². The Morgan fingerprint density at radius 2 is 1.46 bits per heavy atom. The van der Waals surface area contributed by atoms with Gasteiger partial charge in [-0.25, -0.2) is 0 Å². The SMILES string of the molecule is COC(=O)[C@H]1[C@@H]([Sn]([c]2ccccc2)[c]2ccccc2)[C@H]2C=C[C@@H]1C2. The number of hydrogen-bond acceptors (Lipinski definition) is 2. The minimum atomic E-state index is -2.25. The first-order valence-electron chi connectivity index (χ1n) is 8.53. The van der Waals surface area contributed by atoms with Crippen molar-refractivity contribution in [1.29, 1.82) is 0 Å². The number of esters is 1. The van der Waals surface area contributed by atoms with E-state index >= 15 is 0 Å². The zero-order chi connectivity index (χ0) is 16.5. The number of fused-ring (bicyclic) bond motifs is 2. The Hall–Kier alpha value is -1.55. The average Bonchev–Trinajstić information content (AvgIpc) is 3.25. The van der Waals surface area contributed by atoms with Crippen LogP contribution in [-0.2, 0) is 9.53 Å². The first-order chi connectivity index (χ1) is 11.8. The second-order valence-corrected chi connectivity index (χ2v) is 14.2. The summed E-state index contributed by atoms with van der Waals surface area (Å²) in [7, 11) is 1.53. The van der Waals surface area contributed by atoms with Gasteiger partial charge in [0.15, 0.2) is 0 Å². The van der Waals surface area contributed by atoms with Crippen LogP contribution in [0.2, 0.25) is 3.93 Å². The van der Waals surface area contributed by atoms with E-state index in [1.165, 1.54) is 14.3 Å². The van der Waals surface area contributed by atoms with Crippen LogP contribution in [0.4, 0.5) is 0 Å². The van der Waals surface area contributed by atoms with Crippen LogP contribution in [0.3, 0.4) is 0 Å². The Kier molecular flexibility index (Phi) is 4.49. The van der Waals surface area contributed by atoms with Gasteiger partial charge in [-0.05, 0) is 0 Å². The van der Waals surface area contributed by atoms with Crippen LogP contribution < -0.4 is 7.16 Å². The number of methoxy groups -OCH3 is 1. The van der Waals surface area contributed by atoms with Crippen molar-refractivity contribution in [2.75, 3.05) is 7.11 Å². The summed E-state index contributed by atoms with van der Waals surface area (Å²) >= 11 is -2.25. The van der Waals surface area contributed by atoms with Crippen LogP contribution in [0.1, 0.15) is 6.42 Å². The number of rotatable bonds is 4. The fraction of sp³-hybridized carbons (Fsp3) is 0.286. The molecule has 2 aliphatic rings. The Morgan fingerprint density at radius 3 is 2.00 bits per heavy atom. The second-order valence-electron chi connectivity index (χ2n) is 6.67. The number of ether oxygens (including phenoxy) is 1. The molecule has 24 heavy (non-hydrogen) atoms. The number of carbonyl (C=O) groups is 1. The van der Waals surface area contributed by atoms with Crippen LogP contribution in [-0.4, -0.2) is 32.8 Å². The number of benzene rings is 2. The van der Waals surface area contributed by atoms with Gasteiger partial charge in [-0.3, -0.25) is 0 Å². The normalized spacial score (nSPS) is 27.6. The van der Waals surface area contributed by atoms with E-state index in [0.717, 1.165) is 6.42 Å². The molecule has 2 nitrogen and oxygen atoms in total. The van der Waals surface area contributed by atoms with Crippen molar-refractivity contribution in [3.05, 3.63) is 72.8 Å². The third kappa shape index (κ3) is 2.71. The third-order valence-electron chi connectivity index (χ3n) is 5.44. The van der Waals surface area contributed by atoms with Gasteiger partial charge in [0, 0.05) is 0 Å². The third-order valence-corrected chi connectivity index (χ3v) is 15.0. The standard InChI is InChI=1S/C9H11O2.2C6H5.Sn/c1-11-9(10)8-5-6-2-3-7(8)4-6;2*1-2-4-6-5-3-1;/h2-3,5-8H,4H2,1H3;2*1-5H;/t6-,7+,8-;;;/m0.../s1. The van der Waals surface area contributed by atoms with Gasteiger partial charge >= 0.3 is 150 Å². The molecule has 0 heterocycles. The Balaban J connectivity index is 1.81. The fourth-order valence-electron chi connectivity index (χ4n) is 4.46. The first-order valence-corrected chi connectivity index (χ1v) is 13.0. The van der Waals surface area contributed by atoms with Gasteiger partial charge in [-0.1, -0.05) is 0 Å². The number of allylic oxidation sites excluding steroid dienone is 2. The van der Waals surface area contributed by atoms with E-state index in [9.17, 15) is 4.79 Å². The Labute approximate surface area is 150 Å². The summed E-state index contributed by atoms with van der Waals surface area (Å²) in [5, 5.41) is 0. The molecule has 4 atom stereocenters. The Bertz CT molecular complexity index is 701. The van der Waals surface area contributed by atoms with Gasteiger partial charge in [-0.2, -0.15) is 0 Å². The average molecular weight is 424 g/mol. The summed E-state index contributed by atoms with van der Waals surface area (Å²) in [5.74, 6) is 0.936. The van der Waals surface area contributed by atoms with Crippen molar-refractivity contribution in [2.24, 2.45) is 17.8 Å². The van der Waals surface area contributed by atoms with Crippen LogP contribution >= 0.6 is 0 Å². The molecular formula is C21H21O2Sn. The van der Waals surface area contributed by atoms with E-state index in [0.29, 0.717) is 15.8 Å².